The van der Waals surface area contributed by atoms with Crippen LogP contribution < -0.4 is 0 Å². The SMILES string of the molecule is ClCc1nc2ccc(Br)cc2n1C1CCCC1. The van der Waals surface area contributed by atoms with Crippen LogP contribution in [0.5, 0.6) is 0 Å². The van der Waals surface area contributed by atoms with Crippen LogP contribution in [-0.4, -0.2) is 9.55 Å². The van der Waals surface area contributed by atoms with E-state index in [1.807, 2.05) is 6.07 Å². The molecule has 0 N–H and O–H groups in total. The lowest BCUT2D eigenvalue weighted by Crippen LogP contribution is -2.08. The third kappa shape index (κ3) is 2.00. The van der Waals surface area contributed by atoms with Crippen LogP contribution in [0, 0.1) is 0 Å². The molecule has 0 atom stereocenters. The minimum absolute atomic E-state index is 0.489. The van der Waals surface area contributed by atoms with Gasteiger partial charge in [0.15, 0.2) is 0 Å². The number of hydrogen-bond acceptors (Lipinski definition) is 1. The van der Waals surface area contributed by atoms with E-state index in [-0.39, 0.29) is 0 Å². The number of nitrogens with zero attached hydrogens (tertiary/aromatic N) is 2. The van der Waals surface area contributed by atoms with E-state index in [4.69, 9.17) is 11.6 Å². The topological polar surface area (TPSA) is 17.8 Å². The Hall–Kier alpha value is -0.540. The van der Waals surface area contributed by atoms with Gasteiger partial charge in [0.1, 0.15) is 5.82 Å². The van der Waals surface area contributed by atoms with Crippen molar-refractivity contribution in [1.82, 2.24) is 9.55 Å². The highest BCUT2D eigenvalue weighted by Crippen LogP contribution is 2.34. The Balaban J connectivity index is 2.20. The monoisotopic (exact) mass is 312 g/mol. The predicted molar refractivity (Wildman–Crippen MR) is 74.5 cm³/mol. The van der Waals surface area contributed by atoms with Crippen LogP contribution in [0.2, 0.25) is 0 Å². The number of rotatable bonds is 2. The Morgan fingerprint density at radius 2 is 2.12 bits per heavy atom. The first kappa shape index (κ1) is 11.5. The van der Waals surface area contributed by atoms with Crippen molar-refractivity contribution in [2.75, 3.05) is 0 Å². The van der Waals surface area contributed by atoms with Crippen LogP contribution in [0.25, 0.3) is 11.0 Å². The van der Waals surface area contributed by atoms with Gasteiger partial charge in [-0.1, -0.05) is 28.8 Å². The molecule has 1 aromatic carbocycles. The van der Waals surface area contributed by atoms with Gasteiger partial charge in [0.2, 0.25) is 0 Å². The summed E-state index contributed by atoms with van der Waals surface area (Å²) in [5.41, 5.74) is 2.26. The Labute approximate surface area is 114 Å². The van der Waals surface area contributed by atoms with Crippen molar-refractivity contribution in [1.29, 1.82) is 0 Å². The number of hydrogen-bond donors (Lipinski definition) is 0. The van der Waals surface area contributed by atoms with E-state index >= 15 is 0 Å². The molecule has 0 amide bonds. The van der Waals surface area contributed by atoms with Gasteiger partial charge in [0.25, 0.3) is 0 Å². The molecule has 1 saturated carbocycles. The minimum Gasteiger partial charge on any atom is -0.324 e. The lowest BCUT2D eigenvalue weighted by atomic mass is 10.2. The minimum atomic E-state index is 0.489. The zero-order chi connectivity index (χ0) is 11.8. The summed E-state index contributed by atoms with van der Waals surface area (Å²) in [5, 5.41) is 0. The van der Waals surface area contributed by atoms with Crippen LogP contribution in [0.15, 0.2) is 22.7 Å². The second-order valence-electron chi connectivity index (χ2n) is 4.60. The molecule has 0 bridgehead atoms. The van der Waals surface area contributed by atoms with E-state index in [0.717, 1.165) is 15.8 Å². The fourth-order valence-electron chi connectivity index (χ4n) is 2.78. The number of imidazole rings is 1. The van der Waals surface area contributed by atoms with Crippen molar-refractivity contribution in [3.8, 4) is 0 Å². The molecule has 3 rings (SSSR count). The van der Waals surface area contributed by atoms with Crippen molar-refractivity contribution in [2.45, 2.75) is 37.6 Å². The van der Waals surface area contributed by atoms with Gasteiger partial charge >= 0.3 is 0 Å². The maximum atomic E-state index is 6.03. The molecule has 0 saturated heterocycles. The largest absolute Gasteiger partial charge is 0.324 e. The average molecular weight is 314 g/mol. The molecule has 90 valence electrons. The Kier molecular flexibility index (Phi) is 3.14. The molecule has 4 heteroatoms. The van der Waals surface area contributed by atoms with Crippen molar-refractivity contribution in [3.63, 3.8) is 0 Å². The zero-order valence-corrected chi connectivity index (χ0v) is 11.8. The highest BCUT2D eigenvalue weighted by molar-refractivity contribution is 9.10. The highest BCUT2D eigenvalue weighted by atomic mass is 79.9. The molecule has 1 aliphatic carbocycles. The zero-order valence-electron chi connectivity index (χ0n) is 9.50. The Morgan fingerprint density at radius 3 is 2.82 bits per heavy atom. The number of alkyl halides is 1. The molecule has 0 spiro atoms. The maximum Gasteiger partial charge on any atom is 0.125 e. The van der Waals surface area contributed by atoms with Gasteiger partial charge < -0.3 is 4.57 Å². The van der Waals surface area contributed by atoms with Crippen LogP contribution in [-0.2, 0) is 5.88 Å². The number of fused-ring (bicyclic) bond motifs is 1. The van der Waals surface area contributed by atoms with Crippen LogP contribution in [0.4, 0.5) is 0 Å². The third-order valence-corrected chi connectivity index (χ3v) is 4.27. The first-order valence-electron chi connectivity index (χ1n) is 6.02. The molecule has 1 aliphatic rings. The van der Waals surface area contributed by atoms with Gasteiger partial charge in [-0.25, -0.2) is 4.98 Å². The average Bonchev–Trinajstić information content (AvgIpc) is 2.93. The number of benzene rings is 1. The highest BCUT2D eigenvalue weighted by Gasteiger charge is 2.22. The van der Waals surface area contributed by atoms with E-state index in [2.05, 4.69) is 37.6 Å². The predicted octanol–water partition coefficient (Wildman–Crippen LogP) is 4.65. The molecule has 0 aliphatic heterocycles. The fraction of sp³-hybridized carbons (Fsp3) is 0.462. The van der Waals surface area contributed by atoms with Gasteiger partial charge in [-0.05, 0) is 31.0 Å². The molecule has 0 radical (unpaired) electrons. The van der Waals surface area contributed by atoms with Gasteiger partial charge in [0, 0.05) is 10.5 Å². The molecule has 0 unspecified atom stereocenters. The lowest BCUT2D eigenvalue weighted by Gasteiger charge is -2.15. The van der Waals surface area contributed by atoms with Crippen molar-refractivity contribution >= 4 is 38.6 Å². The smallest absolute Gasteiger partial charge is 0.125 e. The fourth-order valence-corrected chi connectivity index (χ4v) is 3.32. The van der Waals surface area contributed by atoms with E-state index in [9.17, 15) is 0 Å². The summed E-state index contributed by atoms with van der Waals surface area (Å²) in [6.45, 7) is 0. The van der Waals surface area contributed by atoms with Gasteiger partial charge in [-0.3, -0.25) is 0 Å². The Bertz CT molecular complexity index is 544. The van der Waals surface area contributed by atoms with Crippen molar-refractivity contribution in [3.05, 3.63) is 28.5 Å². The summed E-state index contributed by atoms with van der Waals surface area (Å²) in [6.07, 6.45) is 5.14. The second-order valence-corrected chi connectivity index (χ2v) is 5.79. The molecule has 2 nitrogen and oxygen atoms in total. The van der Waals surface area contributed by atoms with Gasteiger partial charge in [0.05, 0.1) is 16.9 Å². The van der Waals surface area contributed by atoms with Crippen LogP contribution in [0.1, 0.15) is 37.5 Å². The van der Waals surface area contributed by atoms with Crippen LogP contribution in [0.3, 0.4) is 0 Å². The third-order valence-electron chi connectivity index (χ3n) is 3.53. The number of halogens is 2. The Morgan fingerprint density at radius 1 is 1.35 bits per heavy atom. The summed E-state index contributed by atoms with van der Waals surface area (Å²) in [5.74, 6) is 1.50. The summed E-state index contributed by atoms with van der Waals surface area (Å²) < 4.78 is 3.45. The summed E-state index contributed by atoms with van der Waals surface area (Å²) >= 11 is 9.56. The van der Waals surface area contributed by atoms with Crippen LogP contribution >= 0.6 is 27.5 Å². The molecule has 1 heterocycles. The molecule has 2 aromatic rings. The summed E-state index contributed by atoms with van der Waals surface area (Å²) in [6, 6.07) is 6.83. The quantitative estimate of drug-likeness (QED) is 0.738. The van der Waals surface area contributed by atoms with E-state index in [0.29, 0.717) is 11.9 Å². The summed E-state index contributed by atoms with van der Waals surface area (Å²) in [4.78, 5) is 4.63. The van der Waals surface area contributed by atoms with E-state index < -0.39 is 0 Å². The molecule has 1 aromatic heterocycles. The number of aromatic nitrogens is 2. The second kappa shape index (κ2) is 4.62. The molecular formula is C13H14BrClN2. The molecular weight excluding hydrogens is 300 g/mol. The molecule has 1 fully saturated rings. The normalized spacial score (nSPS) is 17.1. The van der Waals surface area contributed by atoms with E-state index in [1.165, 1.54) is 31.2 Å². The molecule has 17 heavy (non-hydrogen) atoms. The van der Waals surface area contributed by atoms with Gasteiger partial charge in [-0.2, -0.15) is 0 Å². The standard InChI is InChI=1S/C13H14BrClN2/c14-9-5-6-11-12(7-9)17(13(8-15)16-11)10-3-1-2-4-10/h5-7,10H,1-4,8H2. The van der Waals surface area contributed by atoms with Crippen molar-refractivity contribution < 1.29 is 0 Å². The van der Waals surface area contributed by atoms with E-state index in [1.54, 1.807) is 0 Å². The van der Waals surface area contributed by atoms with Crippen molar-refractivity contribution in [2.24, 2.45) is 0 Å². The van der Waals surface area contributed by atoms with Gasteiger partial charge in [-0.15, -0.1) is 11.6 Å². The first-order valence-corrected chi connectivity index (χ1v) is 7.34. The first-order chi connectivity index (χ1) is 8.29. The summed E-state index contributed by atoms with van der Waals surface area (Å²) in [7, 11) is 0. The lowest BCUT2D eigenvalue weighted by molar-refractivity contribution is 0.518. The maximum absolute atomic E-state index is 6.03.